The smallest absolute Gasteiger partial charge is 0.724 e. The van der Waals surface area contributed by atoms with Crippen LogP contribution in [0.15, 0.2) is 293 Å². The van der Waals surface area contributed by atoms with Crippen LogP contribution in [-0.4, -0.2) is 112 Å². The van der Waals surface area contributed by atoms with Gasteiger partial charge in [-0.3, -0.25) is 59.8 Å². The maximum atomic E-state index is 9.37. The zero-order valence-electron chi connectivity index (χ0n) is 49.6. The molecule has 0 fully saturated rings. The van der Waals surface area contributed by atoms with Crippen molar-refractivity contribution < 1.29 is 148 Å². The Balaban J connectivity index is 0.000000368. The molecule has 0 spiro atoms. The molecule has 12 aromatic rings. The molecule has 0 unspecified atom stereocenters. The predicted octanol–water partition coefficient (Wildman–Crippen LogP) is 2.58. The normalized spacial score (nSPS) is 10.1. The Morgan fingerprint density at radius 1 is 0.189 bits per heavy atom. The zero-order valence-corrected chi connectivity index (χ0v) is 58.6. The molecular weight excluding hydrogens is 1420 g/mol. The molecule has 12 aromatic heterocycles. The summed E-state index contributed by atoms with van der Waals surface area (Å²) in [6.45, 7) is 0. The summed E-state index contributed by atoms with van der Waals surface area (Å²) in [5.41, 5.74) is 11.0. The SMILES string of the molecule is O=S(=O)([O-])OOS(=O)(=O)[O-].O=S(=O)([O-])OOS(=O)(=O)[O-].[Na+].[Na+].[Ru+2].c1ccc(-c2ccccn2)nc1.c1ccc(-c2ccccn2)nc1.c1ccc(-c2ccccn2)nc1.c1ccc(-c2ccccn2)nc1.c1ccc(-c2ccccn2)nc1.c1ccc(-c2ccccn2)nc1. The fourth-order valence-electron chi connectivity index (χ4n) is 6.31. The van der Waals surface area contributed by atoms with Crippen molar-refractivity contribution >= 4 is 41.6 Å². The molecule has 0 saturated carbocycles. The summed E-state index contributed by atoms with van der Waals surface area (Å²) < 4.78 is 123. The van der Waals surface area contributed by atoms with Crippen LogP contribution in [-0.2, 0) is 78.4 Å². The van der Waals surface area contributed by atoms with Crippen LogP contribution in [0.25, 0.3) is 68.3 Å². The fraction of sp³-hybridized carbons (Fsp3) is 0. The predicted molar refractivity (Wildman–Crippen MR) is 328 cm³/mol. The van der Waals surface area contributed by atoms with E-state index in [0.717, 1.165) is 68.3 Å². The number of nitrogens with zero attached hydrogens (tertiary/aromatic N) is 12. The van der Waals surface area contributed by atoms with Crippen molar-refractivity contribution in [2.75, 3.05) is 0 Å². The van der Waals surface area contributed by atoms with E-state index in [-0.39, 0.29) is 78.6 Å². The summed E-state index contributed by atoms with van der Waals surface area (Å²) >= 11 is 0. The van der Waals surface area contributed by atoms with Crippen molar-refractivity contribution in [3.05, 3.63) is 293 Å². The van der Waals surface area contributed by atoms with E-state index in [4.69, 9.17) is 0 Å². The third-order valence-electron chi connectivity index (χ3n) is 9.94. The number of pyridine rings is 12. The van der Waals surface area contributed by atoms with Crippen LogP contribution in [0, 0.1) is 0 Å². The van der Waals surface area contributed by atoms with Crippen molar-refractivity contribution in [2.45, 2.75) is 0 Å². The quantitative estimate of drug-likeness (QED) is 0.0557. The average Bonchev–Trinajstić information content (AvgIpc) is 1.56. The van der Waals surface area contributed by atoms with Crippen LogP contribution < -0.4 is 59.1 Å². The average molecular weight is 1470 g/mol. The summed E-state index contributed by atoms with van der Waals surface area (Å²) in [5, 5.41) is 0. The van der Waals surface area contributed by atoms with Gasteiger partial charge in [-0.25, -0.2) is 33.7 Å². The van der Waals surface area contributed by atoms with Gasteiger partial charge in [0.25, 0.3) is 0 Å². The van der Waals surface area contributed by atoms with Crippen molar-refractivity contribution in [1.82, 2.24) is 59.8 Å². The van der Waals surface area contributed by atoms with Crippen molar-refractivity contribution in [3.63, 3.8) is 0 Å². The van der Waals surface area contributed by atoms with E-state index >= 15 is 0 Å². The van der Waals surface area contributed by atoms with Gasteiger partial charge in [0.05, 0.1) is 68.3 Å². The molecule has 12 rings (SSSR count). The van der Waals surface area contributed by atoms with Gasteiger partial charge in [-0.15, -0.1) is 17.3 Å². The maximum Gasteiger partial charge on any atom is 2.00 e. The van der Waals surface area contributed by atoms with E-state index < -0.39 is 41.6 Å². The third kappa shape index (κ3) is 38.1. The molecule has 0 saturated heterocycles. The van der Waals surface area contributed by atoms with E-state index in [1.54, 1.807) is 74.4 Å². The first kappa shape index (κ1) is 83.0. The molecule has 0 amide bonds. The standard InChI is InChI=1S/6C10H8N2.2Na.2H2O8S2.Ru/c6*1-3-7-11-9(5-1)10-6-2-4-8-12-10;;;2*1-9(2,3)7-8-10(4,5)6;/h6*1-8H;;;2*(H,1,2,3)(H,4,5,6);/q;;;;;;2*+1;;;+2/p-4. The molecule has 0 atom stereocenters. The summed E-state index contributed by atoms with van der Waals surface area (Å²) in [5.74, 6) is 0. The zero-order chi connectivity index (χ0) is 66.2. The Labute approximate surface area is 604 Å². The topological polar surface area (TPSA) is 420 Å². The maximum absolute atomic E-state index is 9.37. The van der Waals surface area contributed by atoms with Crippen LogP contribution >= 0.6 is 0 Å². The Hall–Kier alpha value is -8.10. The van der Waals surface area contributed by atoms with Crippen LogP contribution in [0.5, 0.6) is 0 Å². The molecule has 0 aromatic carbocycles. The second kappa shape index (κ2) is 46.1. The van der Waals surface area contributed by atoms with E-state index in [1.807, 2.05) is 218 Å². The van der Waals surface area contributed by atoms with Gasteiger partial charge in [0.2, 0.25) is 41.6 Å². The third-order valence-corrected chi connectivity index (χ3v) is 11.1. The molecule has 28 nitrogen and oxygen atoms in total. The van der Waals surface area contributed by atoms with Crippen LogP contribution in [0.4, 0.5) is 0 Å². The van der Waals surface area contributed by atoms with Crippen molar-refractivity contribution in [2.24, 2.45) is 0 Å². The molecular formula is C60H48N12Na2O16RuS4. The Morgan fingerprint density at radius 3 is 0.326 bits per heavy atom. The van der Waals surface area contributed by atoms with Crippen molar-refractivity contribution in [3.8, 4) is 68.3 Å². The monoisotopic (exact) mass is 1470 g/mol. The molecule has 35 heteroatoms. The van der Waals surface area contributed by atoms with Crippen LogP contribution in [0.1, 0.15) is 0 Å². The summed E-state index contributed by atoms with van der Waals surface area (Å²) in [7, 11) is -21.2. The Kier molecular flexibility index (Phi) is 40.3. The minimum absolute atomic E-state index is 0. The first-order valence-corrected chi connectivity index (χ1v) is 31.1. The molecule has 0 bridgehead atoms. The molecule has 0 aliphatic carbocycles. The van der Waals surface area contributed by atoms with Gasteiger partial charge < -0.3 is 18.2 Å². The fourth-order valence-corrected chi connectivity index (χ4v) is 7.40. The molecule has 0 aliphatic heterocycles. The van der Waals surface area contributed by atoms with Gasteiger partial charge >= 0.3 is 78.6 Å². The minimum Gasteiger partial charge on any atom is -0.724 e. The van der Waals surface area contributed by atoms with Gasteiger partial charge in [0.1, 0.15) is 0 Å². The second-order valence-corrected chi connectivity index (χ2v) is 20.3. The van der Waals surface area contributed by atoms with E-state index in [2.05, 4.69) is 77.1 Å². The van der Waals surface area contributed by atoms with E-state index in [1.165, 1.54) is 0 Å². The number of hydrogen-bond donors (Lipinski definition) is 0. The van der Waals surface area contributed by atoms with Gasteiger partial charge in [-0.05, 0) is 146 Å². The largest absolute Gasteiger partial charge is 2.00 e. The molecule has 0 aliphatic rings. The molecule has 0 N–H and O–H groups in total. The number of hydrogen-bond acceptors (Lipinski definition) is 28. The molecule has 0 radical (unpaired) electrons. The Bertz CT molecular complexity index is 3500. The minimum atomic E-state index is -5.31. The van der Waals surface area contributed by atoms with Gasteiger partial charge in [0.15, 0.2) is 0 Å². The summed E-state index contributed by atoms with van der Waals surface area (Å²) in [4.78, 5) is 50.2. The van der Waals surface area contributed by atoms with Crippen LogP contribution in [0.2, 0.25) is 0 Å². The number of aromatic nitrogens is 12. The van der Waals surface area contributed by atoms with Gasteiger partial charge in [0, 0.05) is 74.4 Å². The van der Waals surface area contributed by atoms with Crippen LogP contribution in [0.3, 0.4) is 0 Å². The van der Waals surface area contributed by atoms with Gasteiger partial charge in [-0.1, -0.05) is 72.8 Å². The number of rotatable bonds is 12. The van der Waals surface area contributed by atoms with E-state index in [9.17, 15) is 51.9 Å². The van der Waals surface area contributed by atoms with Crippen molar-refractivity contribution in [1.29, 1.82) is 0 Å². The van der Waals surface area contributed by atoms with E-state index in [0.29, 0.717) is 0 Å². The first-order valence-electron chi connectivity index (χ1n) is 25.7. The first-order chi connectivity index (χ1) is 44.2. The summed E-state index contributed by atoms with van der Waals surface area (Å²) in [6.07, 6.45) is 21.2. The van der Waals surface area contributed by atoms with Gasteiger partial charge in [-0.2, -0.15) is 0 Å². The Morgan fingerprint density at radius 2 is 0.274 bits per heavy atom. The molecule has 12 heterocycles. The second-order valence-electron chi connectivity index (χ2n) is 16.5. The summed E-state index contributed by atoms with van der Waals surface area (Å²) in [6, 6.07) is 69.6. The molecule has 95 heavy (non-hydrogen) atoms. The molecule has 478 valence electrons.